The van der Waals surface area contributed by atoms with Gasteiger partial charge in [-0.25, -0.2) is 9.78 Å². The van der Waals surface area contributed by atoms with Gasteiger partial charge in [0.25, 0.3) is 0 Å². The third-order valence-electron chi connectivity index (χ3n) is 9.98. The number of aliphatic hydroxyl groups is 1. The maximum absolute atomic E-state index is 13.8. The Morgan fingerprint density at radius 2 is 1.87 bits per heavy atom. The van der Waals surface area contributed by atoms with Crippen molar-refractivity contribution in [2.24, 2.45) is 5.92 Å². The zero-order valence-electron chi connectivity index (χ0n) is 28.4. The molecule has 47 heavy (non-hydrogen) atoms. The second-order valence-electron chi connectivity index (χ2n) is 14.2. The quantitative estimate of drug-likeness (QED) is 0.217. The molecule has 0 saturated carbocycles. The zero-order valence-corrected chi connectivity index (χ0v) is 28.4. The van der Waals surface area contributed by atoms with E-state index in [-0.39, 0.29) is 23.9 Å². The van der Waals surface area contributed by atoms with E-state index < -0.39 is 23.3 Å². The molecule has 247 valence electrons. The SMILES string of the molecule is COC(=O)NC(C(=O)N1[C@@H](C)CC[C@H]1c1nc2c(ccc3cc4c(cc32)OCc2cc([B]OC(C)(C)C(C)(C)O)ccc2-4)[nH]1)C(C)C. The second-order valence-corrected chi connectivity index (χ2v) is 14.2. The van der Waals surface area contributed by atoms with E-state index in [1.54, 1.807) is 21.3 Å². The number of alkyl carbamates (subject to hydrolysis) is 1. The molecular formula is C36H44BN4O6. The van der Waals surface area contributed by atoms with Gasteiger partial charge >= 0.3 is 13.6 Å². The molecule has 3 N–H and O–H groups in total. The molecular weight excluding hydrogens is 595 g/mol. The molecule has 0 bridgehead atoms. The fourth-order valence-electron chi connectivity index (χ4n) is 6.40. The van der Waals surface area contributed by atoms with Crippen molar-refractivity contribution in [2.75, 3.05) is 7.11 Å². The highest BCUT2D eigenvalue weighted by atomic mass is 16.5. The molecule has 11 heteroatoms. The van der Waals surface area contributed by atoms with E-state index in [0.29, 0.717) is 6.61 Å². The summed E-state index contributed by atoms with van der Waals surface area (Å²) in [4.78, 5) is 36.3. The van der Waals surface area contributed by atoms with Crippen molar-refractivity contribution in [1.82, 2.24) is 20.2 Å². The Labute approximate surface area is 276 Å². The predicted molar refractivity (Wildman–Crippen MR) is 183 cm³/mol. The summed E-state index contributed by atoms with van der Waals surface area (Å²) in [5.74, 6) is 1.27. The number of fused-ring (bicyclic) bond motifs is 6. The third-order valence-corrected chi connectivity index (χ3v) is 9.98. The summed E-state index contributed by atoms with van der Waals surface area (Å²) in [5, 5.41) is 15.2. The minimum Gasteiger partial charge on any atom is -0.488 e. The number of H-pyrrole nitrogens is 1. The Morgan fingerprint density at radius 1 is 1.11 bits per heavy atom. The van der Waals surface area contributed by atoms with Crippen molar-refractivity contribution >= 4 is 46.8 Å². The van der Waals surface area contributed by atoms with Gasteiger partial charge in [0.15, 0.2) is 0 Å². The van der Waals surface area contributed by atoms with E-state index >= 15 is 0 Å². The third kappa shape index (κ3) is 6.07. The monoisotopic (exact) mass is 639 g/mol. The summed E-state index contributed by atoms with van der Waals surface area (Å²) in [6.45, 7) is 13.5. The van der Waals surface area contributed by atoms with Crippen molar-refractivity contribution in [3.8, 4) is 16.9 Å². The molecule has 4 aromatic rings. The van der Waals surface area contributed by atoms with Gasteiger partial charge in [-0.3, -0.25) is 4.79 Å². The number of carbonyl (C=O) groups excluding carboxylic acids is 2. The summed E-state index contributed by atoms with van der Waals surface area (Å²) in [7, 11) is 2.99. The molecule has 1 fully saturated rings. The normalized spacial score (nSPS) is 18.6. The largest absolute Gasteiger partial charge is 0.488 e. The van der Waals surface area contributed by atoms with Gasteiger partial charge in [-0.1, -0.05) is 43.6 Å². The molecule has 1 radical (unpaired) electrons. The van der Waals surface area contributed by atoms with Crippen LogP contribution in [0.25, 0.3) is 32.9 Å². The maximum Gasteiger partial charge on any atom is 0.407 e. The second kappa shape index (κ2) is 12.2. The Kier molecular flexibility index (Phi) is 8.51. The van der Waals surface area contributed by atoms with Gasteiger partial charge < -0.3 is 34.4 Å². The Morgan fingerprint density at radius 3 is 2.57 bits per heavy atom. The summed E-state index contributed by atoms with van der Waals surface area (Å²) in [6, 6.07) is 13.5. The average molecular weight is 640 g/mol. The number of aromatic nitrogens is 2. The van der Waals surface area contributed by atoms with Crippen molar-refractivity contribution in [3.63, 3.8) is 0 Å². The number of hydrogen-bond donors (Lipinski definition) is 3. The molecule has 3 aromatic carbocycles. The lowest BCUT2D eigenvalue weighted by Crippen LogP contribution is -2.52. The van der Waals surface area contributed by atoms with Crippen LogP contribution in [0.4, 0.5) is 4.79 Å². The Hall–Kier alpha value is -4.09. The smallest absolute Gasteiger partial charge is 0.407 e. The standard InChI is InChI=1S/C36H44BN4O6/c1-19(2)30(40-34(43)45-8)33(42)41-20(3)9-14-28(41)32-38-27-13-10-21-16-26-24-12-11-23(37-47-36(6,7)35(4,5)44)15-22(24)18-46-29(26)17-25(21)31(27)39-32/h10-13,15-17,19-20,28,30,44H,9,14,18H2,1-8H3,(H,38,39)(H,40,43)/t20-,28-,30?/m0/s1. The number of hydrogen-bond acceptors (Lipinski definition) is 7. The highest BCUT2D eigenvalue weighted by Gasteiger charge is 2.41. The fraction of sp³-hybridized carbons (Fsp3) is 0.472. The van der Waals surface area contributed by atoms with E-state index in [9.17, 15) is 14.7 Å². The van der Waals surface area contributed by atoms with E-state index in [1.165, 1.54) is 7.11 Å². The number of amides is 2. The number of carbonyl (C=O) groups is 2. The average Bonchev–Trinajstić information content (AvgIpc) is 3.64. The van der Waals surface area contributed by atoms with E-state index in [2.05, 4.69) is 40.6 Å². The summed E-state index contributed by atoms with van der Waals surface area (Å²) < 4.78 is 17.1. The van der Waals surface area contributed by atoms with E-state index in [0.717, 1.165) is 68.4 Å². The number of nitrogens with zero attached hydrogens (tertiary/aromatic N) is 2. The minimum atomic E-state index is -1.01. The van der Waals surface area contributed by atoms with Crippen LogP contribution in [-0.2, 0) is 20.8 Å². The van der Waals surface area contributed by atoms with Gasteiger partial charge in [-0.2, -0.15) is 0 Å². The number of imidazole rings is 1. The maximum atomic E-state index is 13.8. The van der Waals surface area contributed by atoms with Gasteiger partial charge in [0, 0.05) is 17.0 Å². The van der Waals surface area contributed by atoms with Crippen molar-refractivity contribution in [1.29, 1.82) is 0 Å². The number of rotatable bonds is 8. The molecule has 2 amide bonds. The van der Waals surface area contributed by atoms with Gasteiger partial charge in [0.1, 0.15) is 24.2 Å². The molecule has 1 aromatic heterocycles. The molecule has 3 atom stereocenters. The molecule has 1 saturated heterocycles. The van der Waals surface area contributed by atoms with Gasteiger partial charge in [0.05, 0.1) is 35.4 Å². The molecule has 1 unspecified atom stereocenters. The molecule has 2 aliphatic heterocycles. The van der Waals surface area contributed by atoms with Crippen LogP contribution in [0.3, 0.4) is 0 Å². The molecule has 0 aliphatic carbocycles. The number of nitrogens with one attached hydrogen (secondary N) is 2. The number of benzene rings is 3. The predicted octanol–water partition coefficient (Wildman–Crippen LogP) is 5.52. The van der Waals surface area contributed by atoms with Crippen LogP contribution in [0, 0.1) is 5.92 Å². The first-order valence-corrected chi connectivity index (χ1v) is 16.3. The fourth-order valence-corrected chi connectivity index (χ4v) is 6.40. The highest BCUT2D eigenvalue weighted by Crippen LogP contribution is 2.42. The first kappa shape index (κ1) is 32.8. The molecule has 0 spiro atoms. The van der Waals surface area contributed by atoms with Crippen LogP contribution in [0.1, 0.15) is 78.7 Å². The summed E-state index contributed by atoms with van der Waals surface area (Å²) in [5.41, 5.74) is 4.01. The van der Waals surface area contributed by atoms with Gasteiger partial charge in [0.2, 0.25) is 5.91 Å². The summed E-state index contributed by atoms with van der Waals surface area (Å²) >= 11 is 0. The van der Waals surface area contributed by atoms with Crippen LogP contribution in [-0.4, -0.2) is 69.9 Å². The van der Waals surface area contributed by atoms with Crippen LogP contribution in [0.2, 0.25) is 0 Å². The van der Waals surface area contributed by atoms with Crippen LogP contribution >= 0.6 is 0 Å². The Bertz CT molecular complexity index is 1840. The molecule has 3 heterocycles. The first-order chi connectivity index (χ1) is 22.2. The van der Waals surface area contributed by atoms with Crippen molar-refractivity contribution in [3.05, 3.63) is 53.9 Å². The first-order valence-electron chi connectivity index (χ1n) is 16.3. The molecule has 2 aliphatic rings. The number of methoxy groups -OCH3 is 1. The lowest BCUT2D eigenvalue weighted by atomic mass is 9.80. The van der Waals surface area contributed by atoms with E-state index in [4.69, 9.17) is 19.1 Å². The topological polar surface area (TPSA) is 126 Å². The summed E-state index contributed by atoms with van der Waals surface area (Å²) in [6.07, 6.45) is 0.978. The number of likely N-dealkylation sites (tertiary alicyclic amines) is 1. The lowest BCUT2D eigenvalue weighted by Gasteiger charge is -2.37. The number of aromatic amines is 1. The van der Waals surface area contributed by atoms with Crippen LogP contribution in [0.15, 0.2) is 42.5 Å². The number of ether oxygens (including phenoxy) is 2. The van der Waals surface area contributed by atoms with Crippen LogP contribution in [0.5, 0.6) is 5.75 Å². The van der Waals surface area contributed by atoms with Crippen molar-refractivity contribution in [2.45, 2.75) is 97.2 Å². The Balaban J connectivity index is 1.30. The van der Waals surface area contributed by atoms with Gasteiger partial charge in [-0.15, -0.1) is 0 Å². The highest BCUT2D eigenvalue weighted by molar-refractivity contribution is 6.47. The van der Waals surface area contributed by atoms with Crippen molar-refractivity contribution < 1.29 is 28.8 Å². The van der Waals surface area contributed by atoms with Gasteiger partial charge in [-0.05, 0) is 88.1 Å². The van der Waals surface area contributed by atoms with Crippen LogP contribution < -0.4 is 15.5 Å². The molecule has 10 nitrogen and oxygen atoms in total. The van der Waals surface area contributed by atoms with E-state index in [1.807, 2.05) is 51.7 Å². The molecule has 6 rings (SSSR count). The zero-order chi connectivity index (χ0) is 33.8. The minimum absolute atomic E-state index is 0.00340. The lowest BCUT2D eigenvalue weighted by molar-refractivity contribution is -0.137.